The summed E-state index contributed by atoms with van der Waals surface area (Å²) in [5, 5.41) is 20.1. The molecule has 0 unspecified atom stereocenters. The fraction of sp³-hybridized carbons (Fsp3) is 0.0606. The maximum Gasteiger partial charge on any atom is 0.143 e. The van der Waals surface area contributed by atoms with Gasteiger partial charge in [0.1, 0.15) is 60.8 Å². The quantitative estimate of drug-likeness (QED) is 0.162. The van der Waals surface area contributed by atoms with Crippen molar-refractivity contribution >= 4 is 146 Å². The molecule has 0 bridgehead atoms. The second kappa shape index (κ2) is 13.3. The van der Waals surface area contributed by atoms with E-state index in [9.17, 15) is 0 Å². The van der Waals surface area contributed by atoms with Crippen molar-refractivity contribution in [3.8, 4) is 44.5 Å². The van der Waals surface area contributed by atoms with Crippen molar-refractivity contribution in [2.75, 3.05) is 0 Å². The Bertz CT molecular complexity index is 4680. The zero-order valence-electron chi connectivity index (χ0n) is 40.0. The van der Waals surface area contributed by atoms with E-state index in [-0.39, 0.29) is 0 Å². The predicted octanol–water partition coefficient (Wildman–Crippen LogP) is 16.5. The molecule has 0 aliphatic carbocycles. The van der Waals surface area contributed by atoms with Crippen LogP contribution < -0.4 is 20.7 Å². The first-order valence-electron chi connectivity index (χ1n) is 25.0. The summed E-state index contributed by atoms with van der Waals surface area (Å²) in [5.74, 6) is 0. The molecule has 2 aliphatic rings. The SMILES string of the molecule is C[Si]1(C)c2cc(-c3ccc4c(c3)oc3cc5ccccc5cc34)c3oc4ccccc4c3c2-c2ccc3c(c21)[Si](C)(C)c1cc(-c2ccc4c(c2)oc2cc5ccccc5cc24)c2oc4ccccc4c2c1-3. The number of benzene rings is 11. The van der Waals surface area contributed by atoms with Gasteiger partial charge in [0.25, 0.3) is 0 Å². The third-order valence-electron chi connectivity index (χ3n) is 16.9. The second-order valence-corrected chi connectivity index (χ2v) is 30.1. The van der Waals surface area contributed by atoms with Crippen molar-refractivity contribution in [3.63, 3.8) is 0 Å². The van der Waals surface area contributed by atoms with Crippen LogP contribution in [0.1, 0.15) is 0 Å². The Labute approximate surface area is 414 Å². The lowest BCUT2D eigenvalue weighted by Crippen LogP contribution is -2.63. The lowest BCUT2D eigenvalue weighted by Gasteiger charge is -2.28. The van der Waals surface area contributed by atoms with Gasteiger partial charge in [-0.25, -0.2) is 0 Å². The van der Waals surface area contributed by atoms with E-state index >= 15 is 0 Å². The molecule has 0 amide bonds. The van der Waals surface area contributed by atoms with Crippen molar-refractivity contribution < 1.29 is 17.7 Å². The van der Waals surface area contributed by atoms with Crippen molar-refractivity contribution in [3.05, 3.63) is 182 Å². The van der Waals surface area contributed by atoms with Crippen LogP contribution in [0, 0.1) is 0 Å². The van der Waals surface area contributed by atoms with Crippen LogP contribution >= 0.6 is 0 Å². The molecule has 4 nitrogen and oxygen atoms in total. The van der Waals surface area contributed by atoms with Crippen LogP contribution in [0.4, 0.5) is 0 Å². The van der Waals surface area contributed by atoms with E-state index in [1.54, 1.807) is 10.4 Å². The molecule has 0 N–H and O–H groups in total. The van der Waals surface area contributed by atoms with Crippen molar-refractivity contribution in [2.24, 2.45) is 0 Å². The summed E-state index contributed by atoms with van der Waals surface area (Å²) in [4.78, 5) is 0. The molecule has 11 aromatic carbocycles. The second-order valence-electron chi connectivity index (χ2n) is 21.5. The molecule has 2 aliphatic heterocycles. The van der Waals surface area contributed by atoms with Crippen LogP contribution in [0.15, 0.2) is 200 Å². The van der Waals surface area contributed by atoms with E-state index in [0.717, 1.165) is 99.2 Å². The Morgan fingerprint density at radius 1 is 0.292 bits per heavy atom. The predicted molar refractivity (Wildman–Crippen MR) is 306 cm³/mol. The van der Waals surface area contributed by atoms with Crippen LogP contribution in [-0.2, 0) is 0 Å². The minimum atomic E-state index is -2.43. The van der Waals surface area contributed by atoms with Gasteiger partial charge in [0.15, 0.2) is 0 Å². The Hall–Kier alpha value is -8.43. The average Bonchev–Trinajstić information content (AvgIpc) is 4.24. The molecule has 0 atom stereocenters. The van der Waals surface area contributed by atoms with E-state index in [4.69, 9.17) is 17.7 Å². The standard InChI is InChI=1S/C66H42O4Si2/c1-71(2)57-33-47(39-21-23-41-49-27-35-13-5-7-15-37(35)29-55(49)67-53(41)31-39)63-61(43-17-9-11-19-51(43)69-63)59(57)45-25-26-46-60-58(72(3,4)66(46)65(45)71)34-48(64-62(60)44-18-10-12-20-52(44)70-64)40-22-24-42-50-28-36-14-6-8-16-38(36)30-56(50)68-54(42)32-40/h5-34H,1-4H3. The molecule has 338 valence electrons. The van der Waals surface area contributed by atoms with Gasteiger partial charge >= 0.3 is 0 Å². The van der Waals surface area contributed by atoms with Gasteiger partial charge in [-0.15, -0.1) is 0 Å². The first-order chi connectivity index (χ1) is 35.2. The average molecular weight is 955 g/mol. The van der Waals surface area contributed by atoms with Crippen LogP contribution in [0.5, 0.6) is 0 Å². The molecule has 72 heavy (non-hydrogen) atoms. The summed E-state index contributed by atoms with van der Waals surface area (Å²) in [6.07, 6.45) is 0. The maximum absolute atomic E-state index is 7.03. The highest BCUT2D eigenvalue weighted by Crippen LogP contribution is 2.49. The van der Waals surface area contributed by atoms with Gasteiger partial charge in [-0.3, -0.25) is 0 Å². The van der Waals surface area contributed by atoms with Crippen LogP contribution in [0.2, 0.25) is 26.2 Å². The van der Waals surface area contributed by atoms with E-state index in [0.29, 0.717) is 0 Å². The Morgan fingerprint density at radius 3 is 1.12 bits per heavy atom. The van der Waals surface area contributed by atoms with Gasteiger partial charge in [-0.05, 0) is 136 Å². The van der Waals surface area contributed by atoms with Gasteiger partial charge in [0, 0.05) is 54.2 Å². The van der Waals surface area contributed by atoms with Gasteiger partial charge in [-0.2, -0.15) is 0 Å². The molecular weight excluding hydrogens is 913 g/mol. The maximum atomic E-state index is 7.03. The molecule has 0 saturated carbocycles. The molecule has 0 spiro atoms. The summed E-state index contributed by atoms with van der Waals surface area (Å²) in [6, 6.07) is 66.6. The minimum absolute atomic E-state index is 0.884. The molecule has 4 aromatic heterocycles. The zero-order valence-corrected chi connectivity index (χ0v) is 42.0. The lowest BCUT2D eigenvalue weighted by molar-refractivity contribution is 0.668. The molecular formula is C66H42O4Si2. The van der Waals surface area contributed by atoms with E-state index in [2.05, 4.69) is 208 Å². The first kappa shape index (κ1) is 39.3. The van der Waals surface area contributed by atoms with E-state index < -0.39 is 16.1 Å². The fourth-order valence-electron chi connectivity index (χ4n) is 13.6. The summed E-state index contributed by atoms with van der Waals surface area (Å²) in [6.45, 7) is 10.4. The number of furan rings is 4. The highest BCUT2D eigenvalue weighted by Gasteiger charge is 2.49. The van der Waals surface area contributed by atoms with Crippen molar-refractivity contribution in [1.82, 2.24) is 0 Å². The molecule has 17 rings (SSSR count). The van der Waals surface area contributed by atoms with E-state index in [1.807, 2.05) is 0 Å². The number of fused-ring (bicyclic) bond motifs is 23. The monoisotopic (exact) mass is 954 g/mol. The smallest absolute Gasteiger partial charge is 0.143 e. The summed E-state index contributed by atoms with van der Waals surface area (Å²) < 4.78 is 27.4. The van der Waals surface area contributed by atoms with Gasteiger partial charge < -0.3 is 17.7 Å². The van der Waals surface area contributed by atoms with Crippen LogP contribution in [0.25, 0.3) is 154 Å². The summed E-state index contributed by atoms with van der Waals surface area (Å²) in [7, 11) is -4.86. The van der Waals surface area contributed by atoms with Crippen molar-refractivity contribution in [1.29, 1.82) is 0 Å². The van der Waals surface area contributed by atoms with E-state index in [1.165, 1.54) is 64.9 Å². The Balaban J connectivity index is 0.886. The molecule has 6 heteroatoms. The summed E-state index contributed by atoms with van der Waals surface area (Å²) >= 11 is 0. The highest BCUT2D eigenvalue weighted by molar-refractivity contribution is 7.13. The molecule has 15 aromatic rings. The fourth-order valence-corrected chi connectivity index (χ4v) is 22.1. The number of hydrogen-bond acceptors (Lipinski definition) is 4. The molecule has 0 radical (unpaired) electrons. The third kappa shape index (κ3) is 4.91. The third-order valence-corrected chi connectivity index (χ3v) is 24.2. The van der Waals surface area contributed by atoms with Crippen LogP contribution in [0.3, 0.4) is 0 Å². The highest BCUT2D eigenvalue weighted by atomic mass is 28.3. The number of para-hydroxylation sites is 2. The largest absolute Gasteiger partial charge is 0.456 e. The van der Waals surface area contributed by atoms with Gasteiger partial charge in [-0.1, -0.05) is 148 Å². The molecule has 0 fully saturated rings. The summed E-state index contributed by atoms with van der Waals surface area (Å²) in [5.41, 5.74) is 17.1. The Kier molecular flexibility index (Phi) is 7.26. The van der Waals surface area contributed by atoms with Gasteiger partial charge in [0.2, 0.25) is 0 Å². The number of hydrogen-bond donors (Lipinski definition) is 0. The Morgan fingerprint density at radius 2 is 0.681 bits per heavy atom. The minimum Gasteiger partial charge on any atom is -0.456 e. The first-order valence-corrected chi connectivity index (χ1v) is 31.0. The molecule has 6 heterocycles. The zero-order chi connectivity index (χ0) is 47.5. The number of rotatable bonds is 2. The van der Waals surface area contributed by atoms with Crippen molar-refractivity contribution in [2.45, 2.75) is 26.2 Å². The normalized spacial score (nSPS) is 14.6. The lowest BCUT2D eigenvalue weighted by atomic mass is 9.91. The van der Waals surface area contributed by atoms with Gasteiger partial charge in [0.05, 0.1) is 0 Å². The van der Waals surface area contributed by atoms with Crippen LogP contribution in [-0.4, -0.2) is 16.1 Å². The topological polar surface area (TPSA) is 52.6 Å². The molecule has 0 saturated heterocycles.